The van der Waals surface area contributed by atoms with E-state index in [1.807, 2.05) is 13.8 Å². The molecule has 1 N–H and O–H groups in total. The molecule has 1 aromatic heterocycles. The largest absolute Gasteiger partial charge is 0.365 e. The summed E-state index contributed by atoms with van der Waals surface area (Å²) in [5.74, 6) is 1.33. The highest BCUT2D eigenvalue weighted by Crippen LogP contribution is 2.29. The van der Waals surface area contributed by atoms with Gasteiger partial charge >= 0.3 is 0 Å². The number of anilines is 1. The molecule has 4 heteroatoms. The minimum atomic E-state index is 0.357. The fourth-order valence-electron chi connectivity index (χ4n) is 2.64. The Morgan fingerprint density at radius 1 is 1.28 bits per heavy atom. The van der Waals surface area contributed by atoms with Crippen LogP contribution in [0.5, 0.6) is 0 Å². The highest BCUT2D eigenvalue weighted by molar-refractivity contribution is 5.56. The van der Waals surface area contributed by atoms with Crippen molar-refractivity contribution in [3.05, 3.63) is 16.8 Å². The van der Waals surface area contributed by atoms with Gasteiger partial charge in [-0.25, -0.2) is 0 Å². The molecule has 1 aromatic rings. The van der Waals surface area contributed by atoms with Gasteiger partial charge in [0.1, 0.15) is 11.6 Å². The number of aromatic nitrogens is 2. The Bertz CT molecular complexity index is 469. The van der Waals surface area contributed by atoms with Crippen molar-refractivity contribution in [3.8, 4) is 6.07 Å². The maximum atomic E-state index is 9.24. The van der Waals surface area contributed by atoms with Crippen molar-refractivity contribution >= 4 is 5.82 Å². The molecule has 2 rings (SSSR count). The van der Waals surface area contributed by atoms with E-state index in [0.717, 1.165) is 11.3 Å². The Labute approximate surface area is 108 Å². The van der Waals surface area contributed by atoms with E-state index in [2.05, 4.69) is 28.5 Å². The average molecular weight is 244 g/mol. The third kappa shape index (κ3) is 2.45. The molecular weight excluding hydrogens is 224 g/mol. The molecule has 0 aliphatic heterocycles. The van der Waals surface area contributed by atoms with Crippen LogP contribution in [0, 0.1) is 31.1 Å². The van der Waals surface area contributed by atoms with Crippen LogP contribution < -0.4 is 5.32 Å². The van der Waals surface area contributed by atoms with Crippen LogP contribution in [-0.2, 0) is 0 Å². The van der Waals surface area contributed by atoms with Crippen LogP contribution in [0.1, 0.15) is 49.4 Å². The van der Waals surface area contributed by atoms with Crippen LogP contribution in [0.15, 0.2) is 0 Å². The van der Waals surface area contributed by atoms with Crippen molar-refractivity contribution in [2.45, 2.75) is 52.5 Å². The second kappa shape index (κ2) is 5.34. The van der Waals surface area contributed by atoms with E-state index in [0.29, 0.717) is 23.3 Å². The van der Waals surface area contributed by atoms with Gasteiger partial charge in [-0.05, 0) is 45.1 Å². The lowest BCUT2D eigenvalue weighted by molar-refractivity contribution is 0.480. The number of hydrogen-bond acceptors (Lipinski definition) is 4. The van der Waals surface area contributed by atoms with Gasteiger partial charge in [-0.1, -0.05) is 12.8 Å². The van der Waals surface area contributed by atoms with Crippen molar-refractivity contribution < 1.29 is 0 Å². The lowest BCUT2D eigenvalue weighted by Crippen LogP contribution is -2.25. The van der Waals surface area contributed by atoms with Gasteiger partial charge in [0.2, 0.25) is 0 Å². The van der Waals surface area contributed by atoms with E-state index in [1.54, 1.807) is 0 Å². The summed E-state index contributed by atoms with van der Waals surface area (Å²) in [6.45, 7) is 5.98. The van der Waals surface area contributed by atoms with Crippen LogP contribution in [0.4, 0.5) is 5.82 Å². The molecule has 0 spiro atoms. The molecule has 0 bridgehead atoms. The maximum absolute atomic E-state index is 9.24. The zero-order chi connectivity index (χ0) is 13.1. The monoisotopic (exact) mass is 244 g/mol. The van der Waals surface area contributed by atoms with Gasteiger partial charge < -0.3 is 5.32 Å². The van der Waals surface area contributed by atoms with Crippen LogP contribution in [0.3, 0.4) is 0 Å². The maximum Gasteiger partial charge on any atom is 0.167 e. The van der Waals surface area contributed by atoms with E-state index in [1.165, 1.54) is 25.7 Å². The summed E-state index contributed by atoms with van der Waals surface area (Å²) in [6, 6.07) is 2.59. The van der Waals surface area contributed by atoms with E-state index in [-0.39, 0.29) is 0 Å². The molecule has 96 valence electrons. The average Bonchev–Trinajstić information content (AvgIpc) is 2.88. The van der Waals surface area contributed by atoms with Crippen LogP contribution in [0.2, 0.25) is 0 Å². The van der Waals surface area contributed by atoms with E-state index in [9.17, 15) is 5.26 Å². The number of rotatable bonds is 3. The van der Waals surface area contributed by atoms with Crippen molar-refractivity contribution in [3.63, 3.8) is 0 Å². The molecule has 4 nitrogen and oxygen atoms in total. The van der Waals surface area contributed by atoms with Crippen LogP contribution >= 0.6 is 0 Å². The predicted molar refractivity (Wildman–Crippen MR) is 71.3 cm³/mol. The minimum absolute atomic E-state index is 0.357. The molecule has 0 saturated heterocycles. The third-order valence-electron chi connectivity index (χ3n) is 4.04. The summed E-state index contributed by atoms with van der Waals surface area (Å²) in [4.78, 5) is 0. The van der Waals surface area contributed by atoms with Crippen molar-refractivity contribution in [1.82, 2.24) is 10.2 Å². The fourth-order valence-corrected chi connectivity index (χ4v) is 2.64. The van der Waals surface area contributed by atoms with Gasteiger partial charge in [-0.2, -0.15) is 10.4 Å². The quantitative estimate of drug-likeness (QED) is 0.888. The van der Waals surface area contributed by atoms with E-state index in [4.69, 9.17) is 0 Å². The number of hydrogen-bond donors (Lipinski definition) is 1. The number of nitriles is 1. The molecule has 1 atom stereocenters. The standard InChI is InChI=1S/C14H20N4/c1-9-10(2)17-18-14(13(9)8-15)16-11(3)12-6-4-5-7-12/h11-12H,4-7H2,1-3H3,(H,16,18). The Morgan fingerprint density at radius 3 is 2.56 bits per heavy atom. The summed E-state index contributed by atoms with van der Waals surface area (Å²) < 4.78 is 0. The molecule has 1 unspecified atom stereocenters. The first-order valence-corrected chi connectivity index (χ1v) is 6.64. The Kier molecular flexibility index (Phi) is 3.81. The second-order valence-electron chi connectivity index (χ2n) is 5.22. The van der Waals surface area contributed by atoms with Gasteiger partial charge in [0.25, 0.3) is 0 Å². The first-order valence-electron chi connectivity index (χ1n) is 6.64. The summed E-state index contributed by atoms with van der Waals surface area (Å²) in [5.41, 5.74) is 2.38. The zero-order valence-corrected chi connectivity index (χ0v) is 11.3. The fraction of sp³-hybridized carbons (Fsp3) is 0.643. The van der Waals surface area contributed by atoms with Gasteiger partial charge in [0.15, 0.2) is 5.82 Å². The zero-order valence-electron chi connectivity index (χ0n) is 11.3. The Balaban J connectivity index is 2.18. The molecule has 0 amide bonds. The van der Waals surface area contributed by atoms with Crippen molar-refractivity contribution in [2.75, 3.05) is 5.32 Å². The number of nitrogens with one attached hydrogen (secondary N) is 1. The van der Waals surface area contributed by atoms with Crippen molar-refractivity contribution in [2.24, 2.45) is 5.92 Å². The minimum Gasteiger partial charge on any atom is -0.365 e. The predicted octanol–water partition coefficient (Wildman–Crippen LogP) is 2.96. The SMILES string of the molecule is Cc1nnc(NC(C)C2CCCC2)c(C#N)c1C. The summed E-state index contributed by atoms with van der Waals surface area (Å²) in [6.07, 6.45) is 5.18. The molecule has 1 fully saturated rings. The topological polar surface area (TPSA) is 61.6 Å². The molecular formula is C14H20N4. The lowest BCUT2D eigenvalue weighted by atomic mass is 9.99. The first kappa shape index (κ1) is 12.8. The first-order chi connectivity index (χ1) is 8.63. The Morgan fingerprint density at radius 2 is 1.94 bits per heavy atom. The molecule has 1 heterocycles. The highest BCUT2D eigenvalue weighted by atomic mass is 15.2. The second-order valence-corrected chi connectivity index (χ2v) is 5.22. The van der Waals surface area contributed by atoms with Gasteiger partial charge in [0, 0.05) is 6.04 Å². The number of aryl methyl sites for hydroxylation is 1. The van der Waals surface area contributed by atoms with Gasteiger partial charge in [0.05, 0.1) is 5.69 Å². The molecule has 0 radical (unpaired) electrons. The molecule has 18 heavy (non-hydrogen) atoms. The summed E-state index contributed by atoms with van der Waals surface area (Å²) >= 11 is 0. The van der Waals surface area contributed by atoms with E-state index < -0.39 is 0 Å². The highest BCUT2D eigenvalue weighted by Gasteiger charge is 2.23. The summed E-state index contributed by atoms with van der Waals surface area (Å²) in [5, 5.41) is 20.9. The molecule has 0 aromatic carbocycles. The Hall–Kier alpha value is -1.63. The van der Waals surface area contributed by atoms with Gasteiger partial charge in [-0.3, -0.25) is 0 Å². The summed E-state index contributed by atoms with van der Waals surface area (Å²) in [7, 11) is 0. The van der Waals surface area contributed by atoms with Gasteiger partial charge in [-0.15, -0.1) is 5.10 Å². The molecule has 1 aliphatic rings. The van der Waals surface area contributed by atoms with E-state index >= 15 is 0 Å². The molecule has 1 saturated carbocycles. The third-order valence-corrected chi connectivity index (χ3v) is 4.04. The molecule has 1 aliphatic carbocycles. The number of nitrogens with zero attached hydrogens (tertiary/aromatic N) is 3. The lowest BCUT2D eigenvalue weighted by Gasteiger charge is -2.21. The van der Waals surface area contributed by atoms with Crippen LogP contribution in [-0.4, -0.2) is 16.2 Å². The smallest absolute Gasteiger partial charge is 0.167 e. The van der Waals surface area contributed by atoms with Crippen molar-refractivity contribution in [1.29, 1.82) is 5.26 Å². The van der Waals surface area contributed by atoms with Crippen LogP contribution in [0.25, 0.3) is 0 Å². The normalized spacial score (nSPS) is 17.4.